The van der Waals surface area contributed by atoms with Crippen molar-refractivity contribution in [1.82, 2.24) is 5.32 Å². The maximum absolute atomic E-state index is 13.1. The van der Waals surface area contributed by atoms with E-state index in [9.17, 15) is 40.5 Å². The van der Waals surface area contributed by atoms with Gasteiger partial charge in [-0.15, -0.1) is 0 Å². The summed E-state index contributed by atoms with van der Waals surface area (Å²) >= 11 is 0. The number of hydrogen-bond donors (Lipinski definition) is 8. The van der Waals surface area contributed by atoms with Crippen LogP contribution in [0, 0.1) is 0 Å². The number of carbonyl (C=O) groups excluding carboxylic acids is 1. The van der Waals surface area contributed by atoms with E-state index in [4.69, 9.17) is 9.47 Å². The van der Waals surface area contributed by atoms with Crippen LogP contribution in [0.4, 0.5) is 0 Å². The summed E-state index contributed by atoms with van der Waals surface area (Å²) in [5.74, 6) is -0.712. The Kier molecular flexibility index (Phi) is 39.3. The first kappa shape index (κ1) is 59.3. The van der Waals surface area contributed by atoms with E-state index in [1.54, 1.807) is 0 Å². The SMILES string of the molecule is CCCCCCCCCCCC/C=C/CC/C=C/CC/C=C/CCCC(O)C(O)C(COC1OC(CO)C(O)C(O)C1O)NC(=O)C(O)CCCCCCCCCCCCCCC. The van der Waals surface area contributed by atoms with Gasteiger partial charge in [0.05, 0.1) is 25.4 Å². The van der Waals surface area contributed by atoms with Crippen LogP contribution in [0.1, 0.15) is 219 Å². The number of ether oxygens (including phenoxy) is 2. The van der Waals surface area contributed by atoms with Gasteiger partial charge in [-0.3, -0.25) is 4.79 Å². The number of hydrogen-bond acceptors (Lipinski definition) is 10. The summed E-state index contributed by atoms with van der Waals surface area (Å²) in [5.41, 5.74) is 0. The zero-order valence-electron chi connectivity index (χ0n) is 40.1. The first-order valence-corrected chi connectivity index (χ1v) is 25.9. The van der Waals surface area contributed by atoms with Crippen LogP contribution in [0.5, 0.6) is 0 Å². The summed E-state index contributed by atoms with van der Waals surface area (Å²) < 4.78 is 11.1. The molecule has 0 aromatic rings. The monoisotopic (exact) mass is 896 g/mol. The van der Waals surface area contributed by atoms with Crippen molar-refractivity contribution < 1.29 is 50.0 Å². The number of unbranched alkanes of at least 4 members (excludes halogenated alkanes) is 25. The Balaban J connectivity index is 2.41. The molecular formula is C52H97NO10. The van der Waals surface area contributed by atoms with Gasteiger partial charge in [0.15, 0.2) is 6.29 Å². The van der Waals surface area contributed by atoms with Crippen molar-refractivity contribution in [3.05, 3.63) is 36.5 Å². The molecule has 0 aromatic heterocycles. The molecule has 1 amide bonds. The fourth-order valence-electron chi connectivity index (χ4n) is 8.12. The van der Waals surface area contributed by atoms with E-state index in [2.05, 4.69) is 55.6 Å². The summed E-state index contributed by atoms with van der Waals surface area (Å²) in [6.45, 7) is 3.42. The Morgan fingerprint density at radius 3 is 1.41 bits per heavy atom. The number of allylic oxidation sites excluding steroid dienone is 6. The average molecular weight is 896 g/mol. The number of nitrogens with one attached hydrogen (secondary N) is 1. The Morgan fingerprint density at radius 2 is 0.952 bits per heavy atom. The van der Waals surface area contributed by atoms with E-state index in [0.717, 1.165) is 44.9 Å². The predicted octanol–water partition coefficient (Wildman–Crippen LogP) is 9.56. The highest BCUT2D eigenvalue weighted by molar-refractivity contribution is 5.80. The highest BCUT2D eigenvalue weighted by atomic mass is 16.7. The molecule has 0 spiro atoms. The zero-order valence-corrected chi connectivity index (χ0v) is 40.1. The third kappa shape index (κ3) is 31.0. The summed E-state index contributed by atoms with van der Waals surface area (Å²) in [5, 5.41) is 75.8. The molecule has 0 aromatic carbocycles. The molecule has 9 unspecified atom stereocenters. The Bertz CT molecular complexity index is 1120. The number of rotatable bonds is 43. The smallest absolute Gasteiger partial charge is 0.249 e. The van der Waals surface area contributed by atoms with Crippen molar-refractivity contribution in [1.29, 1.82) is 0 Å². The molecule has 1 saturated heterocycles. The Morgan fingerprint density at radius 1 is 0.540 bits per heavy atom. The first-order chi connectivity index (χ1) is 30.7. The van der Waals surface area contributed by atoms with Crippen LogP contribution in [-0.2, 0) is 14.3 Å². The van der Waals surface area contributed by atoms with Gasteiger partial charge < -0.3 is 50.5 Å². The highest BCUT2D eigenvalue weighted by Gasteiger charge is 2.44. The predicted molar refractivity (Wildman–Crippen MR) is 256 cm³/mol. The van der Waals surface area contributed by atoms with Gasteiger partial charge in [0.2, 0.25) is 5.91 Å². The Labute approximate surface area is 384 Å². The van der Waals surface area contributed by atoms with Crippen LogP contribution >= 0.6 is 0 Å². The van der Waals surface area contributed by atoms with E-state index in [-0.39, 0.29) is 12.8 Å². The summed E-state index contributed by atoms with van der Waals surface area (Å²) in [4.78, 5) is 13.1. The van der Waals surface area contributed by atoms with Gasteiger partial charge >= 0.3 is 0 Å². The number of amides is 1. The number of aliphatic hydroxyl groups excluding tert-OH is 7. The van der Waals surface area contributed by atoms with Gasteiger partial charge in [0.1, 0.15) is 36.6 Å². The minimum atomic E-state index is -1.67. The average Bonchev–Trinajstić information content (AvgIpc) is 3.28. The largest absolute Gasteiger partial charge is 0.394 e. The number of carbonyl (C=O) groups is 1. The van der Waals surface area contributed by atoms with Gasteiger partial charge in [-0.1, -0.05) is 192 Å². The fourth-order valence-corrected chi connectivity index (χ4v) is 8.12. The van der Waals surface area contributed by atoms with Gasteiger partial charge in [0.25, 0.3) is 0 Å². The third-order valence-corrected chi connectivity index (χ3v) is 12.4. The van der Waals surface area contributed by atoms with E-state index in [1.165, 1.54) is 128 Å². The van der Waals surface area contributed by atoms with Crippen molar-refractivity contribution in [2.75, 3.05) is 13.2 Å². The minimum Gasteiger partial charge on any atom is -0.394 e. The van der Waals surface area contributed by atoms with Crippen molar-refractivity contribution in [3.63, 3.8) is 0 Å². The topological polar surface area (TPSA) is 189 Å². The third-order valence-electron chi connectivity index (χ3n) is 12.4. The molecule has 0 bridgehead atoms. The highest BCUT2D eigenvalue weighted by Crippen LogP contribution is 2.23. The second-order valence-electron chi connectivity index (χ2n) is 18.2. The maximum atomic E-state index is 13.1. The van der Waals surface area contributed by atoms with E-state index < -0.39 is 74.2 Å². The lowest BCUT2D eigenvalue weighted by molar-refractivity contribution is -0.303. The number of aliphatic hydroxyl groups is 7. The van der Waals surface area contributed by atoms with E-state index in [0.29, 0.717) is 19.3 Å². The van der Waals surface area contributed by atoms with Crippen molar-refractivity contribution in [2.45, 2.75) is 274 Å². The summed E-state index contributed by atoms with van der Waals surface area (Å²) in [6, 6.07) is -1.19. The molecule has 1 fully saturated rings. The maximum Gasteiger partial charge on any atom is 0.249 e. The van der Waals surface area contributed by atoms with Gasteiger partial charge in [0, 0.05) is 0 Å². The second kappa shape index (κ2) is 41.7. The molecule has 1 rings (SSSR count). The lowest BCUT2D eigenvalue weighted by atomic mass is 9.98. The zero-order chi connectivity index (χ0) is 46.2. The van der Waals surface area contributed by atoms with Crippen LogP contribution < -0.4 is 5.32 Å². The molecule has 11 nitrogen and oxygen atoms in total. The molecule has 11 heteroatoms. The van der Waals surface area contributed by atoms with Gasteiger partial charge in [-0.2, -0.15) is 0 Å². The van der Waals surface area contributed by atoms with Crippen molar-refractivity contribution in [2.24, 2.45) is 0 Å². The second-order valence-corrected chi connectivity index (χ2v) is 18.2. The molecule has 1 aliphatic heterocycles. The quantitative estimate of drug-likeness (QED) is 0.0216. The standard InChI is InChI=1S/C52H97NO10/c1-3-5-7-9-11-13-15-17-18-19-20-21-22-23-24-25-26-28-29-31-33-35-37-39-44(55)47(57)43(42-62-52-50(60)49(59)48(58)46(41-54)63-52)53-51(61)45(56)40-38-36-34-32-30-27-16-14-12-10-8-6-4-2/h21-22,25-26,31,33,43-50,52,54-60H,3-20,23-24,27-30,32,34-42H2,1-2H3,(H,53,61)/b22-21+,26-25+,33-31+. The van der Waals surface area contributed by atoms with Crippen LogP contribution in [0.2, 0.25) is 0 Å². The van der Waals surface area contributed by atoms with Gasteiger partial charge in [-0.05, 0) is 64.2 Å². The minimum absolute atomic E-state index is 0.242. The van der Waals surface area contributed by atoms with Crippen molar-refractivity contribution in [3.8, 4) is 0 Å². The molecule has 0 radical (unpaired) electrons. The van der Waals surface area contributed by atoms with E-state index >= 15 is 0 Å². The fraction of sp³-hybridized carbons (Fsp3) is 0.865. The summed E-state index contributed by atoms with van der Waals surface area (Å²) in [6.07, 6.45) is 37.7. The van der Waals surface area contributed by atoms with Crippen molar-refractivity contribution >= 4 is 5.91 Å². The van der Waals surface area contributed by atoms with E-state index in [1.807, 2.05) is 0 Å². The molecule has 0 aliphatic carbocycles. The molecular weight excluding hydrogens is 799 g/mol. The van der Waals surface area contributed by atoms with Crippen LogP contribution in [0.15, 0.2) is 36.5 Å². The van der Waals surface area contributed by atoms with Crippen LogP contribution in [0.25, 0.3) is 0 Å². The van der Waals surface area contributed by atoms with Crippen LogP contribution in [0.3, 0.4) is 0 Å². The molecule has 1 aliphatic rings. The first-order valence-electron chi connectivity index (χ1n) is 25.9. The Hall–Kier alpha value is -1.67. The normalized spacial score (nSPS) is 21.4. The lowest BCUT2D eigenvalue weighted by Gasteiger charge is -2.40. The van der Waals surface area contributed by atoms with Crippen LogP contribution in [-0.4, -0.2) is 110 Å². The molecule has 63 heavy (non-hydrogen) atoms. The molecule has 370 valence electrons. The molecule has 1 heterocycles. The lowest BCUT2D eigenvalue weighted by Crippen LogP contribution is -2.60. The van der Waals surface area contributed by atoms with Gasteiger partial charge in [-0.25, -0.2) is 0 Å². The molecule has 0 saturated carbocycles. The molecule has 8 N–H and O–H groups in total. The molecule has 9 atom stereocenters. The summed E-state index contributed by atoms with van der Waals surface area (Å²) in [7, 11) is 0.